The molecule has 0 saturated heterocycles. The molecule has 1 rings (SSSR count). The molecule has 0 aromatic heterocycles. The van der Waals surface area contributed by atoms with Gasteiger partial charge in [0.1, 0.15) is 18.6 Å². The molecular formula is C14H18N2O4. The Labute approximate surface area is 117 Å². The van der Waals surface area contributed by atoms with Gasteiger partial charge in [-0.2, -0.15) is 0 Å². The molecule has 0 bridgehead atoms. The van der Waals surface area contributed by atoms with Gasteiger partial charge >= 0.3 is 6.03 Å². The predicted octanol–water partition coefficient (Wildman–Crippen LogP) is 1.31. The normalized spacial score (nSPS) is 9.70. The SMILES string of the molecule is CNC(=O)N(CCC=O)c1cc(OCC=O)ccc1C. The predicted molar refractivity (Wildman–Crippen MR) is 75.2 cm³/mol. The molecule has 0 saturated carbocycles. The van der Waals surface area contributed by atoms with Crippen LogP contribution in [0.3, 0.4) is 0 Å². The highest BCUT2D eigenvalue weighted by molar-refractivity contribution is 5.93. The van der Waals surface area contributed by atoms with Crippen LogP contribution in [0.2, 0.25) is 0 Å². The van der Waals surface area contributed by atoms with Gasteiger partial charge in [-0.1, -0.05) is 6.07 Å². The van der Waals surface area contributed by atoms with Crippen molar-refractivity contribution < 1.29 is 19.1 Å². The third-order valence-electron chi connectivity index (χ3n) is 2.72. The first-order valence-electron chi connectivity index (χ1n) is 6.24. The minimum Gasteiger partial charge on any atom is -0.486 e. The number of ether oxygens (including phenoxy) is 1. The van der Waals surface area contributed by atoms with Crippen molar-refractivity contribution in [3.63, 3.8) is 0 Å². The largest absolute Gasteiger partial charge is 0.486 e. The maximum Gasteiger partial charge on any atom is 0.321 e. The van der Waals surface area contributed by atoms with Crippen LogP contribution in [0.5, 0.6) is 5.75 Å². The maximum absolute atomic E-state index is 11.9. The summed E-state index contributed by atoms with van der Waals surface area (Å²) in [5, 5.41) is 2.54. The minimum absolute atomic E-state index is 0.0448. The first kappa shape index (κ1) is 15.7. The van der Waals surface area contributed by atoms with Gasteiger partial charge in [0.15, 0.2) is 6.29 Å². The molecule has 0 unspecified atom stereocenters. The van der Waals surface area contributed by atoms with E-state index in [2.05, 4.69) is 5.32 Å². The third kappa shape index (κ3) is 4.08. The average Bonchev–Trinajstić information content (AvgIpc) is 2.47. The van der Waals surface area contributed by atoms with E-state index in [4.69, 9.17) is 4.74 Å². The number of carbonyl (C=O) groups excluding carboxylic acids is 3. The Kier molecular flexibility index (Phi) is 6.22. The lowest BCUT2D eigenvalue weighted by Crippen LogP contribution is -2.39. The number of nitrogens with zero attached hydrogens (tertiary/aromatic N) is 1. The summed E-state index contributed by atoms with van der Waals surface area (Å²) in [5.41, 5.74) is 1.52. The van der Waals surface area contributed by atoms with Crippen LogP contribution in [-0.2, 0) is 9.59 Å². The summed E-state index contributed by atoms with van der Waals surface area (Å²) in [7, 11) is 1.53. The summed E-state index contributed by atoms with van der Waals surface area (Å²) in [6.07, 6.45) is 1.66. The summed E-state index contributed by atoms with van der Waals surface area (Å²) >= 11 is 0. The van der Waals surface area contributed by atoms with E-state index in [-0.39, 0.29) is 25.6 Å². The molecule has 0 aliphatic carbocycles. The Bertz CT molecular complexity index is 488. The summed E-state index contributed by atoms with van der Waals surface area (Å²) in [4.78, 5) is 34.2. The third-order valence-corrected chi connectivity index (χ3v) is 2.72. The van der Waals surface area contributed by atoms with Crippen molar-refractivity contribution in [3.05, 3.63) is 23.8 Å². The number of hydrogen-bond donors (Lipinski definition) is 1. The lowest BCUT2D eigenvalue weighted by Gasteiger charge is -2.23. The Morgan fingerprint density at radius 2 is 2.10 bits per heavy atom. The van der Waals surface area contributed by atoms with Crippen molar-refractivity contribution in [1.82, 2.24) is 5.32 Å². The summed E-state index contributed by atoms with van der Waals surface area (Å²) in [6, 6.07) is 4.90. The van der Waals surface area contributed by atoms with Crippen LogP contribution in [0.25, 0.3) is 0 Å². The molecule has 0 atom stereocenters. The molecule has 1 aromatic carbocycles. The highest BCUT2D eigenvalue weighted by Crippen LogP contribution is 2.26. The number of rotatable bonds is 7. The maximum atomic E-state index is 11.9. The van der Waals surface area contributed by atoms with E-state index in [1.807, 2.05) is 6.92 Å². The van der Waals surface area contributed by atoms with Crippen LogP contribution in [0.4, 0.5) is 10.5 Å². The van der Waals surface area contributed by atoms with Crippen molar-refractivity contribution in [2.45, 2.75) is 13.3 Å². The van der Waals surface area contributed by atoms with Crippen molar-refractivity contribution >= 4 is 24.3 Å². The number of anilines is 1. The number of aldehydes is 2. The summed E-state index contributed by atoms with van der Waals surface area (Å²) in [5.74, 6) is 0.498. The van der Waals surface area contributed by atoms with Gasteiger partial charge in [0, 0.05) is 26.1 Å². The fourth-order valence-corrected chi connectivity index (χ4v) is 1.75. The number of urea groups is 1. The molecule has 108 valence electrons. The van der Waals surface area contributed by atoms with E-state index in [0.29, 0.717) is 17.7 Å². The Hall–Kier alpha value is -2.37. The standard InChI is InChI=1S/C14H18N2O4/c1-11-4-5-12(20-9-8-18)10-13(11)16(6-3-7-17)14(19)15-2/h4-5,7-8,10H,3,6,9H2,1-2H3,(H,15,19). The lowest BCUT2D eigenvalue weighted by atomic mass is 10.1. The van der Waals surface area contributed by atoms with E-state index >= 15 is 0 Å². The van der Waals surface area contributed by atoms with E-state index in [1.54, 1.807) is 18.2 Å². The zero-order valence-electron chi connectivity index (χ0n) is 11.6. The molecule has 0 fully saturated rings. The van der Waals surface area contributed by atoms with Gasteiger partial charge in [-0.25, -0.2) is 4.79 Å². The highest BCUT2D eigenvalue weighted by atomic mass is 16.5. The van der Waals surface area contributed by atoms with Gasteiger partial charge in [-0.05, 0) is 18.6 Å². The summed E-state index contributed by atoms with van der Waals surface area (Å²) in [6.45, 7) is 2.09. The quantitative estimate of drug-likeness (QED) is 0.763. The Morgan fingerprint density at radius 3 is 2.70 bits per heavy atom. The fourth-order valence-electron chi connectivity index (χ4n) is 1.75. The first-order valence-corrected chi connectivity index (χ1v) is 6.24. The van der Waals surface area contributed by atoms with Crippen LogP contribution >= 0.6 is 0 Å². The molecular weight excluding hydrogens is 260 g/mol. The molecule has 1 aromatic rings. The van der Waals surface area contributed by atoms with Crippen LogP contribution in [-0.4, -0.2) is 38.8 Å². The lowest BCUT2D eigenvalue weighted by molar-refractivity contribution is -0.109. The minimum atomic E-state index is -0.303. The molecule has 0 spiro atoms. The van der Waals surface area contributed by atoms with Crippen molar-refractivity contribution in [2.24, 2.45) is 0 Å². The van der Waals surface area contributed by atoms with Crippen molar-refractivity contribution in [3.8, 4) is 5.75 Å². The molecule has 0 aliphatic rings. The van der Waals surface area contributed by atoms with E-state index < -0.39 is 0 Å². The molecule has 20 heavy (non-hydrogen) atoms. The van der Waals surface area contributed by atoms with E-state index in [0.717, 1.165) is 11.8 Å². The van der Waals surface area contributed by atoms with Crippen molar-refractivity contribution in [1.29, 1.82) is 0 Å². The van der Waals surface area contributed by atoms with Gasteiger partial charge in [-0.3, -0.25) is 9.69 Å². The number of nitrogens with one attached hydrogen (secondary N) is 1. The van der Waals surface area contributed by atoms with Crippen LogP contribution in [0, 0.1) is 6.92 Å². The summed E-state index contributed by atoms with van der Waals surface area (Å²) < 4.78 is 5.22. The molecule has 2 amide bonds. The Morgan fingerprint density at radius 1 is 1.35 bits per heavy atom. The molecule has 0 heterocycles. The number of hydrogen-bond acceptors (Lipinski definition) is 4. The van der Waals surface area contributed by atoms with E-state index in [1.165, 1.54) is 11.9 Å². The molecule has 0 radical (unpaired) electrons. The second-order valence-electron chi connectivity index (χ2n) is 4.09. The van der Waals surface area contributed by atoms with Crippen LogP contribution in [0.1, 0.15) is 12.0 Å². The smallest absolute Gasteiger partial charge is 0.321 e. The second kappa shape index (κ2) is 7.93. The van der Waals surface area contributed by atoms with Crippen molar-refractivity contribution in [2.75, 3.05) is 25.1 Å². The number of amides is 2. The molecule has 1 N–H and O–H groups in total. The van der Waals surface area contributed by atoms with Gasteiger partial charge in [0.2, 0.25) is 0 Å². The number of carbonyl (C=O) groups is 3. The average molecular weight is 278 g/mol. The van der Waals surface area contributed by atoms with E-state index in [9.17, 15) is 14.4 Å². The number of benzene rings is 1. The zero-order valence-corrected chi connectivity index (χ0v) is 11.6. The molecule has 6 heteroatoms. The highest BCUT2D eigenvalue weighted by Gasteiger charge is 2.16. The number of aryl methyl sites for hydroxylation is 1. The molecule has 0 aliphatic heterocycles. The Balaban J connectivity index is 3.06. The topological polar surface area (TPSA) is 75.7 Å². The van der Waals surface area contributed by atoms with Gasteiger partial charge in [-0.15, -0.1) is 0 Å². The monoisotopic (exact) mass is 278 g/mol. The van der Waals surface area contributed by atoms with Gasteiger partial charge in [0.25, 0.3) is 0 Å². The fraction of sp³-hybridized carbons (Fsp3) is 0.357. The molecule has 6 nitrogen and oxygen atoms in total. The van der Waals surface area contributed by atoms with Crippen LogP contribution in [0.15, 0.2) is 18.2 Å². The second-order valence-corrected chi connectivity index (χ2v) is 4.09. The zero-order chi connectivity index (χ0) is 15.0. The first-order chi connectivity index (χ1) is 9.63. The van der Waals surface area contributed by atoms with Crippen LogP contribution < -0.4 is 15.0 Å². The van der Waals surface area contributed by atoms with Gasteiger partial charge < -0.3 is 14.8 Å². The van der Waals surface area contributed by atoms with Gasteiger partial charge in [0.05, 0.1) is 5.69 Å².